The van der Waals surface area contributed by atoms with Crippen molar-refractivity contribution < 1.29 is 8.42 Å². The van der Waals surface area contributed by atoms with Crippen LogP contribution in [0.2, 0.25) is 0 Å². The van der Waals surface area contributed by atoms with Gasteiger partial charge in [0, 0.05) is 17.3 Å². The molecule has 0 bridgehead atoms. The lowest BCUT2D eigenvalue weighted by Crippen LogP contribution is -2.12. The predicted molar refractivity (Wildman–Crippen MR) is 79.6 cm³/mol. The number of nitrogens with zero attached hydrogens (tertiary/aromatic N) is 1. The molecule has 1 aromatic heterocycles. The van der Waals surface area contributed by atoms with Gasteiger partial charge in [0.1, 0.15) is 0 Å². The van der Waals surface area contributed by atoms with Gasteiger partial charge in [-0.25, -0.2) is 13.4 Å². The van der Waals surface area contributed by atoms with Crippen LogP contribution in [0.4, 0.5) is 0 Å². The molecule has 2 rings (SSSR count). The van der Waals surface area contributed by atoms with Crippen LogP contribution in [0.1, 0.15) is 54.6 Å². The molecule has 19 heavy (non-hydrogen) atoms. The van der Waals surface area contributed by atoms with Crippen molar-refractivity contribution >= 4 is 21.2 Å². The van der Waals surface area contributed by atoms with Gasteiger partial charge in [0.2, 0.25) is 0 Å². The van der Waals surface area contributed by atoms with Crippen LogP contribution in [0.15, 0.2) is 0 Å². The first kappa shape index (κ1) is 14.9. The topological polar surface area (TPSA) is 59.1 Å². The van der Waals surface area contributed by atoms with Crippen LogP contribution in [0.25, 0.3) is 0 Å². The second kappa shape index (κ2) is 5.89. The number of rotatable bonds is 5. The summed E-state index contributed by atoms with van der Waals surface area (Å²) in [5, 5.41) is 4.34. The number of hydrogen-bond acceptors (Lipinski definition) is 5. The van der Waals surface area contributed by atoms with Gasteiger partial charge >= 0.3 is 0 Å². The van der Waals surface area contributed by atoms with Crippen molar-refractivity contribution in [2.45, 2.75) is 45.6 Å². The molecule has 0 aliphatic carbocycles. The highest BCUT2D eigenvalue weighted by Gasteiger charge is 2.32. The van der Waals surface area contributed by atoms with Crippen molar-refractivity contribution in [3.63, 3.8) is 0 Å². The van der Waals surface area contributed by atoms with E-state index in [0.29, 0.717) is 11.7 Å². The van der Waals surface area contributed by atoms with Crippen LogP contribution in [0, 0.1) is 0 Å². The van der Waals surface area contributed by atoms with Crippen molar-refractivity contribution in [2.24, 2.45) is 0 Å². The SMILES string of the molecule is CCNCc1sc(C2CCS(=O)(=O)C2)nc1C(C)C. The zero-order chi connectivity index (χ0) is 14.0. The van der Waals surface area contributed by atoms with Gasteiger partial charge in [-0.15, -0.1) is 11.3 Å². The lowest BCUT2D eigenvalue weighted by Gasteiger charge is -2.05. The molecule has 0 aromatic carbocycles. The molecule has 0 amide bonds. The minimum atomic E-state index is -2.83. The normalized spacial score (nSPS) is 22.2. The molecule has 2 heterocycles. The first-order valence-corrected chi connectivity index (χ1v) is 9.47. The second-order valence-corrected chi connectivity index (χ2v) is 8.74. The summed E-state index contributed by atoms with van der Waals surface area (Å²) in [6, 6.07) is 0. The minimum Gasteiger partial charge on any atom is -0.312 e. The van der Waals surface area contributed by atoms with E-state index >= 15 is 0 Å². The molecule has 0 saturated carbocycles. The van der Waals surface area contributed by atoms with Gasteiger partial charge in [0.15, 0.2) is 9.84 Å². The summed E-state index contributed by atoms with van der Waals surface area (Å²) in [6.07, 6.45) is 0.730. The van der Waals surface area contributed by atoms with E-state index < -0.39 is 9.84 Å². The molecule has 1 aromatic rings. The fraction of sp³-hybridized carbons (Fsp3) is 0.769. The molecular formula is C13H22N2O2S2. The quantitative estimate of drug-likeness (QED) is 0.906. The predicted octanol–water partition coefficient (Wildman–Crippen LogP) is 2.28. The monoisotopic (exact) mass is 302 g/mol. The van der Waals surface area contributed by atoms with Gasteiger partial charge in [-0.3, -0.25) is 0 Å². The van der Waals surface area contributed by atoms with Gasteiger partial charge in [-0.1, -0.05) is 20.8 Å². The molecule has 1 aliphatic rings. The van der Waals surface area contributed by atoms with Crippen molar-refractivity contribution in [2.75, 3.05) is 18.1 Å². The minimum absolute atomic E-state index is 0.114. The number of sulfone groups is 1. The zero-order valence-corrected chi connectivity index (χ0v) is 13.4. The lowest BCUT2D eigenvalue weighted by atomic mass is 10.1. The summed E-state index contributed by atoms with van der Waals surface area (Å²) in [4.78, 5) is 5.98. The standard InChI is InChI=1S/C13H22N2O2S2/c1-4-14-7-11-12(9(2)3)15-13(18-11)10-5-6-19(16,17)8-10/h9-10,14H,4-8H2,1-3H3. The fourth-order valence-electron chi connectivity index (χ4n) is 2.36. The molecule has 1 N–H and O–H groups in total. The van der Waals surface area contributed by atoms with E-state index in [1.54, 1.807) is 11.3 Å². The van der Waals surface area contributed by atoms with Crippen molar-refractivity contribution in [1.29, 1.82) is 0 Å². The summed E-state index contributed by atoms with van der Waals surface area (Å²) in [6.45, 7) is 8.13. The Bertz CT molecular complexity index is 535. The summed E-state index contributed by atoms with van der Waals surface area (Å²) >= 11 is 1.69. The number of thiazole rings is 1. The Labute approximate surface area is 119 Å². The molecule has 1 aliphatic heterocycles. The molecule has 4 nitrogen and oxygen atoms in total. The maximum atomic E-state index is 11.6. The highest BCUT2D eigenvalue weighted by Crippen LogP contribution is 2.35. The Hall–Kier alpha value is -0.460. The van der Waals surface area contributed by atoms with Crippen LogP contribution >= 0.6 is 11.3 Å². The van der Waals surface area contributed by atoms with Gasteiger partial charge in [-0.05, 0) is 18.9 Å². The van der Waals surface area contributed by atoms with E-state index in [-0.39, 0.29) is 11.7 Å². The highest BCUT2D eigenvalue weighted by molar-refractivity contribution is 7.91. The molecular weight excluding hydrogens is 280 g/mol. The van der Waals surface area contributed by atoms with Crippen LogP contribution in [0.3, 0.4) is 0 Å². The molecule has 0 spiro atoms. The van der Waals surface area contributed by atoms with Crippen LogP contribution in [-0.4, -0.2) is 31.5 Å². The largest absolute Gasteiger partial charge is 0.312 e. The third kappa shape index (κ3) is 3.55. The molecule has 1 fully saturated rings. The lowest BCUT2D eigenvalue weighted by molar-refractivity contribution is 0.601. The second-order valence-electron chi connectivity index (χ2n) is 5.40. The molecule has 1 unspecified atom stereocenters. The molecule has 6 heteroatoms. The molecule has 108 valence electrons. The van der Waals surface area contributed by atoms with Gasteiger partial charge in [-0.2, -0.15) is 0 Å². The number of hydrogen-bond donors (Lipinski definition) is 1. The Morgan fingerprint density at radius 1 is 1.47 bits per heavy atom. The number of aromatic nitrogens is 1. The third-order valence-corrected chi connectivity index (χ3v) is 6.41. The van der Waals surface area contributed by atoms with Crippen LogP contribution in [0.5, 0.6) is 0 Å². The van der Waals surface area contributed by atoms with Crippen molar-refractivity contribution in [3.05, 3.63) is 15.6 Å². The molecule has 0 radical (unpaired) electrons. The maximum absolute atomic E-state index is 11.6. The summed E-state index contributed by atoms with van der Waals surface area (Å²) in [5.74, 6) is 1.09. The first-order valence-electron chi connectivity index (χ1n) is 6.83. The molecule has 1 saturated heterocycles. The number of nitrogens with one attached hydrogen (secondary N) is 1. The summed E-state index contributed by atoms with van der Waals surface area (Å²) < 4.78 is 23.2. The Kier molecular flexibility index (Phi) is 4.63. The van der Waals surface area contributed by atoms with Crippen LogP contribution in [-0.2, 0) is 16.4 Å². The van der Waals surface area contributed by atoms with Gasteiger partial charge < -0.3 is 5.32 Å². The van der Waals surface area contributed by atoms with Crippen molar-refractivity contribution in [1.82, 2.24) is 10.3 Å². The van der Waals surface area contributed by atoms with Crippen molar-refractivity contribution in [3.8, 4) is 0 Å². The van der Waals surface area contributed by atoms with Gasteiger partial charge in [0.25, 0.3) is 0 Å². The fourth-order valence-corrected chi connectivity index (χ4v) is 5.54. The van der Waals surface area contributed by atoms with E-state index in [2.05, 4.69) is 26.1 Å². The Balaban J connectivity index is 2.22. The Morgan fingerprint density at radius 2 is 2.21 bits per heavy atom. The molecule has 1 atom stereocenters. The van der Waals surface area contributed by atoms with E-state index in [1.807, 2.05) is 0 Å². The van der Waals surface area contributed by atoms with E-state index in [0.717, 1.165) is 30.2 Å². The summed E-state index contributed by atoms with van der Waals surface area (Å²) in [5.41, 5.74) is 1.13. The first-order chi connectivity index (χ1) is 8.93. The van der Waals surface area contributed by atoms with Gasteiger partial charge in [0.05, 0.1) is 22.2 Å². The average molecular weight is 302 g/mol. The Morgan fingerprint density at radius 3 is 2.74 bits per heavy atom. The zero-order valence-electron chi connectivity index (χ0n) is 11.8. The maximum Gasteiger partial charge on any atom is 0.151 e. The van der Waals surface area contributed by atoms with E-state index in [4.69, 9.17) is 4.98 Å². The summed E-state index contributed by atoms with van der Waals surface area (Å²) in [7, 11) is -2.83. The third-order valence-electron chi connectivity index (χ3n) is 3.41. The van der Waals surface area contributed by atoms with Crippen LogP contribution < -0.4 is 5.32 Å². The van der Waals surface area contributed by atoms with E-state index in [9.17, 15) is 8.42 Å². The van der Waals surface area contributed by atoms with E-state index in [1.165, 1.54) is 4.88 Å². The smallest absolute Gasteiger partial charge is 0.151 e. The average Bonchev–Trinajstić information content (AvgIpc) is 2.89. The highest BCUT2D eigenvalue weighted by atomic mass is 32.2.